The van der Waals surface area contributed by atoms with E-state index in [9.17, 15) is 8.78 Å². The van der Waals surface area contributed by atoms with E-state index in [0.717, 1.165) is 22.2 Å². The van der Waals surface area contributed by atoms with Gasteiger partial charge in [0.1, 0.15) is 5.82 Å². The Hall–Kier alpha value is -2.53. The molecule has 1 aromatic heterocycles. The van der Waals surface area contributed by atoms with Crippen molar-refractivity contribution in [1.82, 2.24) is 0 Å². The van der Waals surface area contributed by atoms with Gasteiger partial charge in [-0.05, 0) is 36.1 Å². The van der Waals surface area contributed by atoms with Crippen LogP contribution in [0.5, 0.6) is 0 Å². The topological polar surface area (TPSA) is 15.6 Å². The first-order chi connectivity index (χ1) is 12.1. The molecule has 3 aromatic rings. The van der Waals surface area contributed by atoms with Crippen LogP contribution in [-0.4, -0.2) is 5.71 Å². The van der Waals surface area contributed by atoms with E-state index < -0.39 is 11.6 Å². The third-order valence-electron chi connectivity index (χ3n) is 4.32. The summed E-state index contributed by atoms with van der Waals surface area (Å²) >= 11 is 1.62. The summed E-state index contributed by atoms with van der Waals surface area (Å²) in [5, 5.41) is 8.36. The van der Waals surface area contributed by atoms with Gasteiger partial charge in [0.25, 0.3) is 0 Å². The summed E-state index contributed by atoms with van der Waals surface area (Å²) in [4.78, 5) is 1.11. The number of halogens is 2. The van der Waals surface area contributed by atoms with E-state index in [-0.39, 0.29) is 6.04 Å². The molecule has 1 atom stereocenters. The molecule has 4 rings (SSSR count). The van der Waals surface area contributed by atoms with Gasteiger partial charge in [0, 0.05) is 17.4 Å². The third kappa shape index (κ3) is 3.07. The Kier molecular flexibility index (Phi) is 4.09. The van der Waals surface area contributed by atoms with Crippen molar-refractivity contribution < 1.29 is 8.78 Å². The van der Waals surface area contributed by atoms with Crippen molar-refractivity contribution in [1.29, 1.82) is 0 Å². The Labute approximate surface area is 149 Å². The van der Waals surface area contributed by atoms with Crippen LogP contribution in [0.1, 0.15) is 28.5 Å². The van der Waals surface area contributed by atoms with Gasteiger partial charge in [-0.15, -0.1) is 11.3 Å². The van der Waals surface area contributed by atoms with Crippen LogP contribution in [0.2, 0.25) is 0 Å². The highest BCUT2D eigenvalue weighted by Gasteiger charge is 2.32. The van der Waals surface area contributed by atoms with Gasteiger partial charge in [-0.3, -0.25) is 5.01 Å². The quantitative estimate of drug-likeness (QED) is 0.590. The van der Waals surface area contributed by atoms with Crippen molar-refractivity contribution in [2.24, 2.45) is 5.10 Å². The number of nitrogens with zero attached hydrogens (tertiary/aromatic N) is 2. The molecule has 0 spiro atoms. The average molecular weight is 354 g/mol. The molecule has 0 aliphatic carbocycles. The lowest BCUT2D eigenvalue weighted by Gasteiger charge is -2.23. The molecule has 2 heterocycles. The number of hydrazone groups is 1. The molecule has 25 heavy (non-hydrogen) atoms. The molecule has 0 radical (unpaired) electrons. The van der Waals surface area contributed by atoms with Crippen LogP contribution in [0.4, 0.5) is 14.5 Å². The first-order valence-corrected chi connectivity index (χ1v) is 8.92. The number of hydrogen-bond donors (Lipinski definition) is 0. The minimum Gasteiger partial charge on any atom is -0.254 e. The summed E-state index contributed by atoms with van der Waals surface area (Å²) in [5.74, 6) is -1.19. The molecule has 0 N–H and O–H groups in total. The van der Waals surface area contributed by atoms with E-state index in [1.165, 1.54) is 17.7 Å². The second-order valence-corrected chi connectivity index (χ2v) is 7.07. The first-order valence-electron chi connectivity index (χ1n) is 8.04. The van der Waals surface area contributed by atoms with E-state index >= 15 is 0 Å². The predicted molar refractivity (Wildman–Crippen MR) is 98.2 cm³/mol. The van der Waals surface area contributed by atoms with E-state index in [1.54, 1.807) is 16.3 Å². The van der Waals surface area contributed by atoms with Crippen molar-refractivity contribution in [2.45, 2.75) is 19.4 Å². The van der Waals surface area contributed by atoms with E-state index in [1.807, 2.05) is 48.7 Å². The van der Waals surface area contributed by atoms with Crippen LogP contribution in [0.25, 0.3) is 0 Å². The normalized spacial score (nSPS) is 17.0. The van der Waals surface area contributed by atoms with Crippen LogP contribution in [0.3, 0.4) is 0 Å². The average Bonchev–Trinajstić information content (AvgIpc) is 3.24. The highest BCUT2D eigenvalue weighted by atomic mass is 32.1. The van der Waals surface area contributed by atoms with Gasteiger partial charge in [0.2, 0.25) is 0 Å². The fraction of sp³-hybridized carbons (Fsp3) is 0.150. The van der Waals surface area contributed by atoms with E-state index in [0.29, 0.717) is 12.1 Å². The SMILES string of the molecule is Cc1ccc(C2=NN(c3ccc(F)cc3F)[C@@H](c3cccs3)C2)cc1. The van der Waals surface area contributed by atoms with Crippen LogP contribution in [-0.2, 0) is 0 Å². The number of aryl methyl sites for hydroxylation is 1. The number of rotatable bonds is 3. The molecule has 0 fully saturated rings. The maximum atomic E-state index is 14.4. The largest absolute Gasteiger partial charge is 0.254 e. The van der Waals surface area contributed by atoms with Crippen LogP contribution in [0.15, 0.2) is 65.1 Å². The molecule has 2 nitrogen and oxygen atoms in total. The highest BCUT2D eigenvalue weighted by molar-refractivity contribution is 7.10. The van der Waals surface area contributed by atoms with Gasteiger partial charge >= 0.3 is 0 Å². The van der Waals surface area contributed by atoms with Crippen LogP contribution in [0, 0.1) is 18.6 Å². The van der Waals surface area contributed by atoms with Gasteiger partial charge in [0.15, 0.2) is 5.82 Å². The van der Waals surface area contributed by atoms with Crippen LogP contribution >= 0.6 is 11.3 Å². The van der Waals surface area contributed by atoms with Crippen molar-refractivity contribution >= 4 is 22.7 Å². The summed E-state index contributed by atoms with van der Waals surface area (Å²) in [6.45, 7) is 2.04. The molecular weight excluding hydrogens is 338 g/mol. The minimum absolute atomic E-state index is 0.0868. The number of hydrogen-bond acceptors (Lipinski definition) is 3. The van der Waals surface area contributed by atoms with Crippen molar-refractivity contribution in [3.05, 3.63) is 87.6 Å². The Morgan fingerprint density at radius 2 is 1.88 bits per heavy atom. The lowest BCUT2D eigenvalue weighted by molar-refractivity contribution is 0.574. The van der Waals surface area contributed by atoms with Gasteiger partial charge in [0.05, 0.1) is 17.4 Å². The summed E-state index contributed by atoms with van der Waals surface area (Å²) in [6.07, 6.45) is 0.681. The Morgan fingerprint density at radius 1 is 1.08 bits per heavy atom. The number of anilines is 1. The number of benzene rings is 2. The Morgan fingerprint density at radius 3 is 2.56 bits per heavy atom. The van der Waals surface area contributed by atoms with Crippen LogP contribution < -0.4 is 5.01 Å². The zero-order valence-electron chi connectivity index (χ0n) is 13.6. The molecule has 0 unspecified atom stereocenters. The third-order valence-corrected chi connectivity index (χ3v) is 5.30. The predicted octanol–water partition coefficient (Wildman–Crippen LogP) is 5.69. The molecule has 5 heteroatoms. The van der Waals surface area contributed by atoms with Gasteiger partial charge in [-0.2, -0.15) is 5.10 Å². The van der Waals surface area contributed by atoms with Gasteiger partial charge in [-0.1, -0.05) is 35.9 Å². The molecule has 0 saturated carbocycles. The molecule has 1 aliphatic rings. The smallest absolute Gasteiger partial charge is 0.151 e. The monoisotopic (exact) mass is 354 g/mol. The molecular formula is C20H16F2N2S. The molecule has 126 valence electrons. The standard InChI is InChI=1S/C20H16F2N2S/c1-13-4-6-14(7-5-13)17-12-19(20-3-2-10-25-20)24(23-17)18-9-8-15(21)11-16(18)22/h2-11,19H,12H2,1H3/t19-/m1/s1. The fourth-order valence-corrected chi connectivity index (χ4v) is 3.83. The Balaban J connectivity index is 1.77. The second-order valence-electron chi connectivity index (χ2n) is 6.09. The Bertz CT molecular complexity index is 917. The van der Waals surface area contributed by atoms with E-state index in [4.69, 9.17) is 0 Å². The first kappa shape index (κ1) is 16.0. The van der Waals surface area contributed by atoms with Crippen molar-refractivity contribution in [3.63, 3.8) is 0 Å². The fourth-order valence-electron chi connectivity index (χ4n) is 3.02. The lowest BCUT2D eigenvalue weighted by atomic mass is 10.0. The van der Waals surface area contributed by atoms with E-state index in [2.05, 4.69) is 5.10 Å². The lowest BCUT2D eigenvalue weighted by Crippen LogP contribution is -2.18. The highest BCUT2D eigenvalue weighted by Crippen LogP contribution is 2.39. The molecule has 0 amide bonds. The second kappa shape index (κ2) is 6.41. The zero-order chi connectivity index (χ0) is 17.4. The number of thiophene rings is 1. The minimum atomic E-state index is -0.601. The molecule has 0 saturated heterocycles. The summed E-state index contributed by atoms with van der Waals surface area (Å²) in [7, 11) is 0. The summed E-state index contributed by atoms with van der Waals surface area (Å²) in [6, 6.07) is 15.7. The maximum Gasteiger partial charge on any atom is 0.151 e. The summed E-state index contributed by atoms with van der Waals surface area (Å²) < 4.78 is 27.6. The maximum absolute atomic E-state index is 14.4. The zero-order valence-corrected chi connectivity index (χ0v) is 14.4. The van der Waals surface area contributed by atoms with Gasteiger partial charge < -0.3 is 0 Å². The van der Waals surface area contributed by atoms with Crippen molar-refractivity contribution in [3.8, 4) is 0 Å². The molecule has 2 aromatic carbocycles. The van der Waals surface area contributed by atoms with Gasteiger partial charge in [-0.25, -0.2) is 8.78 Å². The summed E-state index contributed by atoms with van der Waals surface area (Å²) in [5.41, 5.74) is 3.40. The molecule has 0 bridgehead atoms. The molecule has 1 aliphatic heterocycles. The van der Waals surface area contributed by atoms with Crippen molar-refractivity contribution in [2.75, 3.05) is 5.01 Å².